The van der Waals surface area contributed by atoms with Crippen molar-refractivity contribution in [3.8, 4) is 0 Å². The van der Waals surface area contributed by atoms with Crippen LogP contribution < -0.4 is 4.90 Å². The fourth-order valence-corrected chi connectivity index (χ4v) is 12.2. The molecule has 5 atom stereocenters. The molecule has 4 unspecified atom stereocenters. The summed E-state index contributed by atoms with van der Waals surface area (Å²) < 4.78 is 0. The molecule has 0 amide bonds. The highest BCUT2D eigenvalue weighted by molar-refractivity contribution is 8.00. The molecule has 2 aliphatic heterocycles. The normalized spacial score (nSPS) is 22.3. The predicted octanol–water partition coefficient (Wildman–Crippen LogP) is 15.5. The Labute approximate surface area is 377 Å². The van der Waals surface area contributed by atoms with Gasteiger partial charge < -0.3 is 4.90 Å². The lowest BCUT2D eigenvalue weighted by molar-refractivity contribution is 0.655. The highest BCUT2D eigenvalue weighted by atomic mass is 32.2. The predicted molar refractivity (Wildman–Crippen MR) is 267 cm³/mol. The fourth-order valence-electron chi connectivity index (χ4n) is 11.2. The first kappa shape index (κ1) is 39.3. The van der Waals surface area contributed by atoms with Gasteiger partial charge in [-0.2, -0.15) is 0 Å². The third-order valence-corrected chi connectivity index (χ3v) is 15.2. The van der Waals surface area contributed by atoms with Crippen molar-refractivity contribution in [1.82, 2.24) is 0 Å². The van der Waals surface area contributed by atoms with Crippen LogP contribution in [0.15, 0.2) is 247 Å². The van der Waals surface area contributed by atoms with E-state index in [1.165, 1.54) is 77.5 Å². The molecule has 0 radical (unpaired) electrons. The Morgan fingerprint density at radius 2 is 1.44 bits per heavy atom. The van der Waals surface area contributed by atoms with Crippen molar-refractivity contribution in [1.29, 1.82) is 0 Å². The number of anilines is 2. The van der Waals surface area contributed by atoms with Gasteiger partial charge in [0.15, 0.2) is 0 Å². The average Bonchev–Trinajstić information content (AvgIpc) is 3.70. The number of hydrogen-bond acceptors (Lipinski definition) is 2. The molecule has 0 saturated heterocycles. The van der Waals surface area contributed by atoms with E-state index in [1.807, 2.05) is 17.8 Å². The van der Waals surface area contributed by atoms with E-state index in [9.17, 15) is 0 Å². The summed E-state index contributed by atoms with van der Waals surface area (Å²) in [5.41, 5.74) is 18.1. The molecule has 0 fully saturated rings. The number of nitrogens with zero attached hydrogens (tertiary/aromatic N) is 1. The first-order chi connectivity index (χ1) is 31.2. The van der Waals surface area contributed by atoms with Crippen molar-refractivity contribution >= 4 is 28.7 Å². The van der Waals surface area contributed by atoms with Crippen LogP contribution in [0.3, 0.4) is 0 Å². The van der Waals surface area contributed by atoms with Crippen LogP contribution in [0.2, 0.25) is 0 Å². The molecule has 6 aromatic rings. The molecule has 63 heavy (non-hydrogen) atoms. The molecule has 5 aliphatic rings. The molecule has 6 aromatic carbocycles. The van der Waals surface area contributed by atoms with Crippen LogP contribution >= 0.6 is 11.8 Å². The van der Waals surface area contributed by atoms with Gasteiger partial charge in [0, 0.05) is 27.7 Å². The topological polar surface area (TPSA) is 3.24 Å². The van der Waals surface area contributed by atoms with E-state index >= 15 is 0 Å². The number of benzene rings is 6. The van der Waals surface area contributed by atoms with E-state index in [1.54, 1.807) is 5.57 Å². The summed E-state index contributed by atoms with van der Waals surface area (Å²) in [7, 11) is 0. The zero-order valence-electron chi connectivity index (χ0n) is 35.8. The molecular formula is C61H51NS. The van der Waals surface area contributed by atoms with E-state index in [0.29, 0.717) is 11.2 Å². The van der Waals surface area contributed by atoms with Gasteiger partial charge in [-0.25, -0.2) is 0 Å². The molecular weight excluding hydrogens is 779 g/mol. The van der Waals surface area contributed by atoms with Crippen LogP contribution in [0.4, 0.5) is 11.4 Å². The van der Waals surface area contributed by atoms with Gasteiger partial charge in [-0.1, -0.05) is 212 Å². The van der Waals surface area contributed by atoms with Crippen molar-refractivity contribution < 1.29 is 0 Å². The molecule has 0 aromatic heterocycles. The van der Waals surface area contributed by atoms with Gasteiger partial charge in [-0.05, 0) is 106 Å². The van der Waals surface area contributed by atoms with Crippen LogP contribution in [-0.2, 0) is 5.41 Å². The summed E-state index contributed by atoms with van der Waals surface area (Å²) in [5.74, 6) is 0.369. The summed E-state index contributed by atoms with van der Waals surface area (Å²) in [5, 5.41) is 0.385. The summed E-state index contributed by atoms with van der Waals surface area (Å²) in [6.45, 7) is 6.35. The molecule has 2 heterocycles. The molecule has 1 nitrogen and oxygen atoms in total. The van der Waals surface area contributed by atoms with E-state index in [2.05, 4.69) is 231 Å². The summed E-state index contributed by atoms with van der Waals surface area (Å²) >= 11 is 1.96. The van der Waals surface area contributed by atoms with E-state index in [4.69, 9.17) is 0 Å². The van der Waals surface area contributed by atoms with Crippen LogP contribution in [0.5, 0.6) is 0 Å². The Morgan fingerprint density at radius 1 is 0.730 bits per heavy atom. The SMILES string of the molecule is C=C/C(=C\C=C/C)C(c1ccccc1)c1ccc(C2(c3ccc(SC4C=CC(c5ccccc5)=CC4)cc3)c3ccccc3N3c4c(cccc42)C2C4=C(C=CCC4)C=C[C@@H]23)cc1. The molecule has 2 heteroatoms. The second-order valence-electron chi connectivity index (χ2n) is 17.3. The average molecular weight is 830 g/mol. The monoisotopic (exact) mass is 829 g/mol. The molecule has 0 N–H and O–H groups in total. The lowest BCUT2D eigenvalue weighted by atomic mass is 9.62. The van der Waals surface area contributed by atoms with Crippen LogP contribution in [-0.4, -0.2) is 11.3 Å². The zero-order chi connectivity index (χ0) is 42.3. The van der Waals surface area contributed by atoms with Gasteiger partial charge >= 0.3 is 0 Å². The maximum absolute atomic E-state index is 4.29. The smallest absolute Gasteiger partial charge is 0.0742 e. The summed E-state index contributed by atoms with van der Waals surface area (Å²) in [6.07, 6.45) is 28.3. The highest BCUT2D eigenvalue weighted by Crippen LogP contribution is 2.63. The van der Waals surface area contributed by atoms with Crippen LogP contribution in [0.25, 0.3) is 5.57 Å². The van der Waals surface area contributed by atoms with E-state index in [-0.39, 0.29) is 12.0 Å². The minimum atomic E-state index is -0.566. The Balaban J connectivity index is 1.06. The number of fused-ring (bicyclic) bond motifs is 6. The summed E-state index contributed by atoms with van der Waals surface area (Å²) in [6, 6.07) is 57.5. The van der Waals surface area contributed by atoms with Crippen molar-refractivity contribution in [3.05, 3.63) is 286 Å². The van der Waals surface area contributed by atoms with Gasteiger partial charge in [-0.3, -0.25) is 0 Å². The molecule has 306 valence electrons. The molecule has 3 aliphatic carbocycles. The number of thioether (sulfide) groups is 1. The maximum atomic E-state index is 4.29. The molecule has 11 rings (SSSR count). The molecule has 0 spiro atoms. The standard InChI is InChI=1S/C61H51NS/c1-3-5-17-42(4-2)58(46-21-10-7-11-22-46)47-28-33-48(34-29-47)61(49-35-39-51(40-36-49)63-50-37-30-44(31-38-50)43-18-8-6-9-19-43)54-25-14-15-27-56(54)62-57-41-32-45-20-12-13-23-52(45)59(57)53-24-16-26-55(61)60(53)62/h3-12,14-22,24-37,39-41,50,57-59H,2,13,23,38H2,1H3/b5-3-,42-17+/t50?,57-,58?,59?,61?/m0/s1. The van der Waals surface area contributed by atoms with Crippen molar-refractivity contribution in [2.24, 2.45) is 0 Å². The van der Waals surface area contributed by atoms with Gasteiger partial charge in [0.1, 0.15) is 0 Å². The quantitative estimate of drug-likeness (QED) is 0.127. The van der Waals surface area contributed by atoms with Crippen LogP contribution in [0.1, 0.15) is 82.5 Å². The van der Waals surface area contributed by atoms with Crippen LogP contribution in [0, 0.1) is 0 Å². The number of hydrogen-bond donors (Lipinski definition) is 0. The number of para-hydroxylation sites is 2. The maximum Gasteiger partial charge on any atom is 0.0742 e. The Kier molecular flexibility index (Phi) is 10.3. The van der Waals surface area contributed by atoms with Crippen molar-refractivity contribution in [2.45, 2.75) is 59.6 Å². The molecule has 0 saturated carbocycles. The van der Waals surface area contributed by atoms with Crippen molar-refractivity contribution in [2.75, 3.05) is 4.90 Å². The number of allylic oxidation sites excluding steroid dienone is 12. The van der Waals surface area contributed by atoms with E-state index < -0.39 is 5.41 Å². The second kappa shape index (κ2) is 16.6. The lowest BCUT2D eigenvalue weighted by Gasteiger charge is -2.46. The van der Waals surface area contributed by atoms with Gasteiger partial charge in [0.05, 0.1) is 17.1 Å². The minimum Gasteiger partial charge on any atom is -0.333 e. The second-order valence-corrected chi connectivity index (χ2v) is 18.6. The lowest BCUT2D eigenvalue weighted by Crippen LogP contribution is -2.41. The van der Waals surface area contributed by atoms with Crippen molar-refractivity contribution in [3.63, 3.8) is 0 Å². The first-order valence-corrected chi connectivity index (χ1v) is 23.5. The molecule has 0 bridgehead atoms. The highest BCUT2D eigenvalue weighted by Gasteiger charge is 2.53. The Bertz CT molecular complexity index is 2920. The van der Waals surface area contributed by atoms with Gasteiger partial charge in [0.25, 0.3) is 0 Å². The largest absolute Gasteiger partial charge is 0.333 e. The summed E-state index contributed by atoms with van der Waals surface area (Å²) in [4.78, 5) is 3.98. The first-order valence-electron chi connectivity index (χ1n) is 22.6. The zero-order valence-corrected chi connectivity index (χ0v) is 36.6. The number of rotatable bonds is 10. The van der Waals surface area contributed by atoms with Gasteiger partial charge in [0.2, 0.25) is 0 Å². The fraction of sp³-hybridized carbons (Fsp3) is 0.148. The minimum absolute atomic E-state index is 0.0469. The third-order valence-electron chi connectivity index (χ3n) is 14.0. The Morgan fingerprint density at radius 3 is 2.19 bits per heavy atom. The van der Waals surface area contributed by atoms with E-state index in [0.717, 1.165) is 19.3 Å². The third kappa shape index (κ3) is 6.62. The van der Waals surface area contributed by atoms with Gasteiger partial charge in [-0.15, -0.1) is 11.8 Å². The Hall–Kier alpha value is -6.61.